The van der Waals surface area contributed by atoms with Crippen molar-refractivity contribution in [2.24, 2.45) is 5.92 Å². The number of urea groups is 1. The summed E-state index contributed by atoms with van der Waals surface area (Å²) >= 11 is 1.58. The van der Waals surface area contributed by atoms with Crippen molar-refractivity contribution in [3.05, 3.63) is 0 Å². The minimum Gasteiger partial charge on any atom is -0.480 e. The molecule has 0 bridgehead atoms. The fourth-order valence-electron chi connectivity index (χ4n) is 2.39. The Morgan fingerprint density at radius 2 is 2.05 bits per heavy atom. The molecule has 1 saturated carbocycles. The van der Waals surface area contributed by atoms with Crippen LogP contribution in [0.4, 0.5) is 4.79 Å². The van der Waals surface area contributed by atoms with Crippen LogP contribution in [0.3, 0.4) is 0 Å². The van der Waals surface area contributed by atoms with Gasteiger partial charge in [-0.1, -0.05) is 19.8 Å². The fourth-order valence-corrected chi connectivity index (χ4v) is 2.86. The molecule has 0 radical (unpaired) electrons. The first kappa shape index (κ1) is 16.1. The summed E-state index contributed by atoms with van der Waals surface area (Å²) in [5.41, 5.74) is 0. The minimum absolute atomic E-state index is 0.170. The molecule has 0 aromatic heterocycles. The molecule has 3 atom stereocenters. The zero-order valence-corrected chi connectivity index (χ0v) is 12.5. The molecule has 0 saturated heterocycles. The van der Waals surface area contributed by atoms with Crippen molar-refractivity contribution in [2.75, 3.05) is 12.0 Å². The molecule has 0 spiro atoms. The Hall–Kier alpha value is -0.910. The number of carbonyl (C=O) groups excluding carboxylic acids is 1. The van der Waals surface area contributed by atoms with Crippen molar-refractivity contribution < 1.29 is 14.7 Å². The lowest BCUT2D eigenvalue weighted by atomic mass is 9.86. The lowest BCUT2D eigenvalue weighted by Crippen LogP contribution is -2.51. The van der Waals surface area contributed by atoms with Gasteiger partial charge < -0.3 is 15.7 Å². The molecule has 0 heterocycles. The first-order valence-electron chi connectivity index (χ1n) is 6.83. The van der Waals surface area contributed by atoms with Crippen LogP contribution in [0.15, 0.2) is 0 Å². The topological polar surface area (TPSA) is 78.4 Å². The van der Waals surface area contributed by atoms with Gasteiger partial charge in [-0.2, -0.15) is 11.8 Å². The van der Waals surface area contributed by atoms with E-state index < -0.39 is 12.0 Å². The molecule has 0 aromatic rings. The standard InChI is InChI=1S/C13H24N2O3S/c1-9-5-3-4-6-10(9)14-13(18)15-11(12(16)17)7-8-19-2/h9-11H,3-8H2,1-2H3,(H,16,17)(H2,14,15,18)/t9-,10+,11+/m0/s1. The minimum atomic E-state index is -0.971. The predicted octanol–water partition coefficient (Wildman–Crippen LogP) is 2.07. The molecule has 110 valence electrons. The number of carboxylic acid groups (broad SMARTS) is 1. The van der Waals surface area contributed by atoms with Gasteiger partial charge in [-0.25, -0.2) is 9.59 Å². The molecule has 1 aliphatic rings. The second kappa shape index (κ2) is 8.30. The summed E-state index contributed by atoms with van der Waals surface area (Å²) in [6, 6.07) is -0.984. The van der Waals surface area contributed by atoms with Crippen LogP contribution in [0.2, 0.25) is 0 Å². The monoisotopic (exact) mass is 288 g/mol. The highest BCUT2D eigenvalue weighted by Gasteiger charge is 2.25. The summed E-state index contributed by atoms with van der Waals surface area (Å²) in [6.07, 6.45) is 6.82. The van der Waals surface area contributed by atoms with Crippen LogP contribution in [0.25, 0.3) is 0 Å². The molecular weight excluding hydrogens is 264 g/mol. The summed E-state index contributed by atoms with van der Waals surface area (Å²) in [7, 11) is 0. The number of rotatable bonds is 6. The Labute approximate surface area is 118 Å². The van der Waals surface area contributed by atoms with E-state index in [9.17, 15) is 9.59 Å². The van der Waals surface area contributed by atoms with Gasteiger partial charge in [0.2, 0.25) is 0 Å². The predicted molar refractivity (Wildman–Crippen MR) is 77.5 cm³/mol. The van der Waals surface area contributed by atoms with E-state index in [4.69, 9.17) is 5.11 Å². The van der Waals surface area contributed by atoms with Crippen molar-refractivity contribution in [3.63, 3.8) is 0 Å². The van der Waals surface area contributed by atoms with Crippen LogP contribution in [-0.2, 0) is 4.79 Å². The zero-order valence-electron chi connectivity index (χ0n) is 11.6. The molecule has 1 rings (SSSR count). The molecule has 2 amide bonds. The summed E-state index contributed by atoms with van der Waals surface area (Å²) in [4.78, 5) is 22.9. The second-order valence-corrected chi connectivity index (χ2v) is 6.14. The number of hydrogen-bond acceptors (Lipinski definition) is 3. The van der Waals surface area contributed by atoms with Crippen molar-refractivity contribution in [3.8, 4) is 0 Å². The van der Waals surface area contributed by atoms with Gasteiger partial charge in [-0.3, -0.25) is 0 Å². The van der Waals surface area contributed by atoms with E-state index in [0.29, 0.717) is 12.3 Å². The van der Waals surface area contributed by atoms with Gasteiger partial charge in [0.1, 0.15) is 6.04 Å². The first-order valence-corrected chi connectivity index (χ1v) is 8.22. The number of carboxylic acids is 1. The van der Waals surface area contributed by atoms with E-state index in [1.807, 2.05) is 6.26 Å². The average Bonchev–Trinajstić information content (AvgIpc) is 2.37. The van der Waals surface area contributed by atoms with Crippen LogP contribution in [0, 0.1) is 5.92 Å². The lowest BCUT2D eigenvalue weighted by Gasteiger charge is -2.30. The summed E-state index contributed by atoms with van der Waals surface area (Å²) in [5, 5.41) is 14.5. The third kappa shape index (κ3) is 5.72. The van der Waals surface area contributed by atoms with Crippen LogP contribution in [-0.4, -0.2) is 41.2 Å². The largest absolute Gasteiger partial charge is 0.480 e. The Balaban J connectivity index is 2.40. The van der Waals surface area contributed by atoms with Crippen molar-refractivity contribution in [2.45, 2.75) is 51.1 Å². The third-order valence-electron chi connectivity index (χ3n) is 3.64. The van der Waals surface area contributed by atoms with Gasteiger partial charge in [0, 0.05) is 6.04 Å². The summed E-state index contributed by atoms with van der Waals surface area (Å²) in [5.74, 6) is 0.215. The molecule has 3 N–H and O–H groups in total. The molecule has 1 fully saturated rings. The first-order chi connectivity index (χ1) is 9.04. The highest BCUT2D eigenvalue weighted by molar-refractivity contribution is 7.98. The summed E-state index contributed by atoms with van der Waals surface area (Å²) < 4.78 is 0. The molecule has 19 heavy (non-hydrogen) atoms. The Morgan fingerprint density at radius 1 is 1.37 bits per heavy atom. The number of aliphatic carboxylic acids is 1. The molecule has 0 unspecified atom stereocenters. The van der Waals surface area contributed by atoms with Crippen molar-refractivity contribution in [1.29, 1.82) is 0 Å². The molecule has 0 aromatic carbocycles. The number of nitrogens with one attached hydrogen (secondary N) is 2. The third-order valence-corrected chi connectivity index (χ3v) is 4.29. The lowest BCUT2D eigenvalue weighted by molar-refractivity contribution is -0.139. The van der Waals surface area contributed by atoms with Gasteiger partial charge in [-0.05, 0) is 37.2 Å². The van der Waals surface area contributed by atoms with Gasteiger partial charge in [-0.15, -0.1) is 0 Å². The zero-order chi connectivity index (χ0) is 14.3. The highest BCUT2D eigenvalue weighted by Crippen LogP contribution is 2.23. The SMILES string of the molecule is CSCC[C@@H](NC(=O)N[C@@H]1CCCC[C@@H]1C)C(=O)O. The maximum atomic E-state index is 11.8. The number of carbonyl (C=O) groups is 2. The van der Waals surface area contributed by atoms with E-state index in [1.165, 1.54) is 6.42 Å². The molecule has 0 aliphatic heterocycles. The summed E-state index contributed by atoms with van der Waals surface area (Å²) in [6.45, 7) is 2.13. The molecule has 1 aliphatic carbocycles. The van der Waals surface area contributed by atoms with Crippen LogP contribution in [0.5, 0.6) is 0 Å². The van der Waals surface area contributed by atoms with Gasteiger partial charge in [0.15, 0.2) is 0 Å². The van der Waals surface area contributed by atoms with Crippen LogP contribution in [0.1, 0.15) is 39.0 Å². The van der Waals surface area contributed by atoms with Gasteiger partial charge in [0.25, 0.3) is 0 Å². The van der Waals surface area contributed by atoms with E-state index in [1.54, 1.807) is 11.8 Å². The fraction of sp³-hybridized carbons (Fsp3) is 0.846. The second-order valence-electron chi connectivity index (χ2n) is 5.16. The maximum Gasteiger partial charge on any atom is 0.326 e. The van der Waals surface area contributed by atoms with Gasteiger partial charge in [0.05, 0.1) is 0 Å². The maximum absolute atomic E-state index is 11.8. The Kier molecular flexibility index (Phi) is 7.05. The van der Waals surface area contributed by atoms with Crippen LogP contribution < -0.4 is 10.6 Å². The Bertz CT molecular complexity index is 312. The van der Waals surface area contributed by atoms with E-state index in [-0.39, 0.29) is 12.1 Å². The van der Waals surface area contributed by atoms with Crippen molar-refractivity contribution in [1.82, 2.24) is 10.6 Å². The smallest absolute Gasteiger partial charge is 0.326 e. The van der Waals surface area contributed by atoms with Gasteiger partial charge >= 0.3 is 12.0 Å². The van der Waals surface area contributed by atoms with E-state index >= 15 is 0 Å². The number of thioether (sulfide) groups is 1. The normalized spacial score (nSPS) is 24.5. The number of hydrogen-bond donors (Lipinski definition) is 3. The van der Waals surface area contributed by atoms with Crippen molar-refractivity contribution >= 4 is 23.8 Å². The molecular formula is C13H24N2O3S. The molecule has 5 nitrogen and oxygen atoms in total. The van der Waals surface area contributed by atoms with E-state index in [2.05, 4.69) is 17.6 Å². The quantitative estimate of drug-likeness (QED) is 0.699. The van der Waals surface area contributed by atoms with Crippen LogP contribution >= 0.6 is 11.8 Å². The average molecular weight is 288 g/mol. The Morgan fingerprint density at radius 3 is 2.63 bits per heavy atom. The molecule has 6 heteroatoms. The highest BCUT2D eigenvalue weighted by atomic mass is 32.2. The number of amides is 2. The van der Waals surface area contributed by atoms with E-state index in [0.717, 1.165) is 25.0 Å².